The molecule has 1 amide bonds. The summed E-state index contributed by atoms with van der Waals surface area (Å²) < 4.78 is 11.7. The van der Waals surface area contributed by atoms with Gasteiger partial charge in [0.25, 0.3) is 5.91 Å². The molecule has 5 nitrogen and oxygen atoms in total. The monoisotopic (exact) mass is 412 g/mol. The Morgan fingerprint density at radius 1 is 1.00 bits per heavy atom. The fourth-order valence-electron chi connectivity index (χ4n) is 2.23. The number of pyridine rings is 1. The van der Waals surface area contributed by atoms with Crippen LogP contribution in [-0.4, -0.2) is 18.0 Å². The number of methoxy groups -OCH3 is 1. The highest BCUT2D eigenvalue weighted by Crippen LogP contribution is 2.21. The number of hydrogen-bond acceptors (Lipinski definition) is 4. The van der Waals surface area contributed by atoms with E-state index < -0.39 is 0 Å². The molecule has 6 heteroatoms. The van der Waals surface area contributed by atoms with Crippen molar-refractivity contribution in [2.24, 2.45) is 0 Å². The molecule has 0 aliphatic heterocycles. The van der Waals surface area contributed by atoms with Gasteiger partial charge in [-0.3, -0.25) is 4.79 Å². The van der Waals surface area contributed by atoms with E-state index in [2.05, 4.69) is 26.2 Å². The third-order valence-corrected chi connectivity index (χ3v) is 4.18. The Morgan fingerprint density at radius 3 is 2.31 bits per heavy atom. The molecule has 0 saturated carbocycles. The largest absolute Gasteiger partial charge is 0.497 e. The Bertz CT molecular complexity index is 863. The summed E-state index contributed by atoms with van der Waals surface area (Å²) in [5.41, 5.74) is 1.46. The van der Waals surface area contributed by atoms with Crippen molar-refractivity contribution in [3.63, 3.8) is 0 Å². The Kier molecular flexibility index (Phi) is 5.86. The quantitative estimate of drug-likeness (QED) is 0.643. The second-order valence-corrected chi connectivity index (χ2v) is 6.39. The first-order chi connectivity index (χ1) is 12.6. The molecule has 0 bridgehead atoms. The van der Waals surface area contributed by atoms with E-state index in [1.807, 2.05) is 48.5 Å². The maximum atomic E-state index is 12.2. The highest BCUT2D eigenvalue weighted by molar-refractivity contribution is 9.10. The van der Waals surface area contributed by atoms with Gasteiger partial charge < -0.3 is 14.8 Å². The van der Waals surface area contributed by atoms with E-state index in [1.54, 1.807) is 19.2 Å². The topological polar surface area (TPSA) is 60.5 Å². The molecule has 0 spiro atoms. The molecule has 0 saturated heterocycles. The zero-order valence-corrected chi connectivity index (χ0v) is 15.7. The van der Waals surface area contributed by atoms with Gasteiger partial charge in [-0.2, -0.15) is 0 Å². The normalized spacial score (nSPS) is 10.2. The number of aromatic nitrogens is 1. The second kappa shape index (κ2) is 8.49. The molecular weight excluding hydrogens is 396 g/mol. The van der Waals surface area contributed by atoms with Crippen LogP contribution in [-0.2, 0) is 6.54 Å². The van der Waals surface area contributed by atoms with Gasteiger partial charge in [0, 0.05) is 23.3 Å². The van der Waals surface area contributed by atoms with Gasteiger partial charge in [0.15, 0.2) is 0 Å². The van der Waals surface area contributed by atoms with Crippen LogP contribution in [0.3, 0.4) is 0 Å². The van der Waals surface area contributed by atoms with E-state index in [1.165, 1.54) is 6.20 Å². The lowest BCUT2D eigenvalue weighted by Gasteiger charge is -2.08. The molecule has 0 aliphatic carbocycles. The van der Waals surface area contributed by atoms with Gasteiger partial charge >= 0.3 is 0 Å². The number of ether oxygens (including phenoxy) is 2. The molecule has 2 aromatic carbocycles. The van der Waals surface area contributed by atoms with E-state index in [0.717, 1.165) is 15.8 Å². The Balaban J connectivity index is 1.56. The van der Waals surface area contributed by atoms with Gasteiger partial charge in [-0.15, -0.1) is 0 Å². The summed E-state index contributed by atoms with van der Waals surface area (Å²) in [6, 6.07) is 18.3. The number of amides is 1. The first-order valence-electron chi connectivity index (χ1n) is 7.94. The van der Waals surface area contributed by atoms with Crippen molar-refractivity contribution in [1.82, 2.24) is 10.3 Å². The third-order valence-electron chi connectivity index (χ3n) is 3.65. The van der Waals surface area contributed by atoms with Crippen molar-refractivity contribution < 1.29 is 14.3 Å². The number of hydrogen-bond donors (Lipinski definition) is 1. The van der Waals surface area contributed by atoms with Crippen LogP contribution < -0.4 is 14.8 Å². The van der Waals surface area contributed by atoms with E-state index in [0.29, 0.717) is 23.7 Å². The summed E-state index contributed by atoms with van der Waals surface area (Å²) in [5, 5.41) is 2.86. The summed E-state index contributed by atoms with van der Waals surface area (Å²) in [4.78, 5) is 16.4. The number of carbonyl (C=O) groups excluding carboxylic acids is 1. The molecule has 1 heterocycles. The SMILES string of the molecule is COc1ccc(CNC(=O)c2ccc(Oc3ccc(Br)cc3)nc2)cc1. The van der Waals surface area contributed by atoms with Gasteiger partial charge in [0.1, 0.15) is 11.5 Å². The zero-order valence-electron chi connectivity index (χ0n) is 14.1. The summed E-state index contributed by atoms with van der Waals surface area (Å²) in [6.45, 7) is 0.431. The molecule has 3 aromatic rings. The summed E-state index contributed by atoms with van der Waals surface area (Å²) in [5.74, 6) is 1.70. The maximum Gasteiger partial charge on any atom is 0.253 e. The van der Waals surface area contributed by atoms with Crippen molar-refractivity contribution in [2.45, 2.75) is 6.54 Å². The molecule has 0 aliphatic rings. The number of benzene rings is 2. The first-order valence-corrected chi connectivity index (χ1v) is 8.74. The Morgan fingerprint density at radius 2 is 1.69 bits per heavy atom. The molecule has 1 N–H and O–H groups in total. The van der Waals surface area contributed by atoms with Crippen LogP contribution in [0.5, 0.6) is 17.4 Å². The van der Waals surface area contributed by atoms with Gasteiger partial charge in [-0.25, -0.2) is 4.98 Å². The van der Waals surface area contributed by atoms with Crippen LogP contribution in [0.25, 0.3) is 0 Å². The third kappa shape index (κ3) is 4.83. The van der Waals surface area contributed by atoms with Gasteiger partial charge in [0.2, 0.25) is 5.88 Å². The first kappa shape index (κ1) is 17.9. The molecule has 26 heavy (non-hydrogen) atoms. The van der Waals surface area contributed by atoms with E-state index >= 15 is 0 Å². The van der Waals surface area contributed by atoms with Crippen LogP contribution in [0.15, 0.2) is 71.3 Å². The van der Waals surface area contributed by atoms with Crippen LogP contribution in [0, 0.1) is 0 Å². The minimum atomic E-state index is -0.191. The van der Waals surface area contributed by atoms with Crippen molar-refractivity contribution in [3.05, 3.63) is 82.5 Å². The molecule has 3 rings (SSSR count). The Hall–Kier alpha value is -2.86. The lowest BCUT2D eigenvalue weighted by molar-refractivity contribution is 0.0950. The average Bonchev–Trinajstić information content (AvgIpc) is 2.69. The number of rotatable bonds is 6. The molecule has 0 fully saturated rings. The van der Waals surface area contributed by atoms with Crippen molar-refractivity contribution in [3.8, 4) is 17.4 Å². The molecule has 132 valence electrons. The Labute approximate surface area is 160 Å². The number of nitrogens with zero attached hydrogens (tertiary/aromatic N) is 1. The second-order valence-electron chi connectivity index (χ2n) is 5.47. The molecule has 0 radical (unpaired) electrons. The highest BCUT2D eigenvalue weighted by atomic mass is 79.9. The van der Waals surface area contributed by atoms with E-state index in [9.17, 15) is 4.79 Å². The fraction of sp³-hybridized carbons (Fsp3) is 0.100. The average molecular weight is 413 g/mol. The molecule has 0 unspecified atom stereocenters. The zero-order chi connectivity index (χ0) is 18.4. The molecule has 1 aromatic heterocycles. The number of halogens is 1. The predicted octanol–water partition coefficient (Wildman–Crippen LogP) is 4.58. The van der Waals surface area contributed by atoms with Crippen molar-refractivity contribution in [2.75, 3.05) is 7.11 Å². The van der Waals surface area contributed by atoms with Crippen LogP contribution in [0.1, 0.15) is 15.9 Å². The van der Waals surface area contributed by atoms with Crippen LogP contribution >= 0.6 is 15.9 Å². The molecular formula is C20H17BrN2O3. The van der Waals surface area contributed by atoms with Crippen LogP contribution in [0.4, 0.5) is 0 Å². The number of nitrogens with one attached hydrogen (secondary N) is 1. The standard InChI is InChI=1S/C20H17BrN2O3/c1-25-17-7-2-14(3-8-17)12-23-20(24)15-4-11-19(22-13-15)26-18-9-5-16(21)6-10-18/h2-11,13H,12H2,1H3,(H,23,24). The lowest BCUT2D eigenvalue weighted by atomic mass is 10.2. The van der Waals surface area contributed by atoms with Crippen molar-refractivity contribution in [1.29, 1.82) is 0 Å². The summed E-state index contributed by atoms with van der Waals surface area (Å²) in [6.07, 6.45) is 1.50. The summed E-state index contributed by atoms with van der Waals surface area (Å²) >= 11 is 3.37. The minimum absolute atomic E-state index is 0.191. The fourth-order valence-corrected chi connectivity index (χ4v) is 2.49. The maximum absolute atomic E-state index is 12.2. The van der Waals surface area contributed by atoms with E-state index in [4.69, 9.17) is 9.47 Å². The van der Waals surface area contributed by atoms with E-state index in [-0.39, 0.29) is 5.91 Å². The highest BCUT2D eigenvalue weighted by Gasteiger charge is 2.07. The smallest absolute Gasteiger partial charge is 0.253 e. The predicted molar refractivity (Wildman–Crippen MR) is 103 cm³/mol. The van der Waals surface area contributed by atoms with Crippen LogP contribution in [0.2, 0.25) is 0 Å². The van der Waals surface area contributed by atoms with Gasteiger partial charge in [-0.1, -0.05) is 28.1 Å². The number of carbonyl (C=O) groups is 1. The lowest BCUT2D eigenvalue weighted by Crippen LogP contribution is -2.22. The minimum Gasteiger partial charge on any atom is -0.497 e. The van der Waals surface area contributed by atoms with Gasteiger partial charge in [-0.05, 0) is 48.0 Å². The summed E-state index contributed by atoms with van der Waals surface area (Å²) in [7, 11) is 1.62. The van der Waals surface area contributed by atoms with Crippen molar-refractivity contribution >= 4 is 21.8 Å². The van der Waals surface area contributed by atoms with Gasteiger partial charge in [0.05, 0.1) is 12.7 Å². The molecule has 0 atom stereocenters.